The molecule has 2 atom stereocenters. The summed E-state index contributed by atoms with van der Waals surface area (Å²) in [5.41, 5.74) is 14.2. The van der Waals surface area contributed by atoms with Gasteiger partial charge in [-0.3, -0.25) is 0 Å². The van der Waals surface area contributed by atoms with Crippen LogP contribution in [0.5, 0.6) is 11.5 Å². The van der Waals surface area contributed by atoms with Crippen molar-refractivity contribution in [3.63, 3.8) is 0 Å². The number of hydrogen-bond acceptors (Lipinski definition) is 8. The lowest BCUT2D eigenvalue weighted by Gasteiger charge is -2.17. The monoisotopic (exact) mass is 518 g/mol. The number of nitrogens with zero attached hydrogens (tertiary/aromatic N) is 4. The van der Waals surface area contributed by atoms with Gasteiger partial charge in [0, 0.05) is 22.5 Å². The maximum absolute atomic E-state index is 10.1. The Morgan fingerprint density at radius 1 is 0.743 bits per heavy atom. The number of hydrogen-bond donors (Lipinski definition) is 4. The van der Waals surface area contributed by atoms with Gasteiger partial charge in [-0.05, 0) is 59.2 Å². The zero-order valence-electron chi connectivity index (χ0n) is 18.9. The highest BCUT2D eigenvalue weighted by molar-refractivity contribution is 6.33. The number of alkyl halides is 2. The molecular weight excluding hydrogens is 491 g/mol. The van der Waals surface area contributed by atoms with Gasteiger partial charge in [-0.1, -0.05) is 0 Å². The van der Waals surface area contributed by atoms with Crippen LogP contribution in [0.25, 0.3) is 0 Å². The Hall–Kier alpha value is -3.40. The van der Waals surface area contributed by atoms with E-state index in [9.17, 15) is 10.2 Å². The molecule has 2 radical (unpaired) electrons. The first kappa shape index (κ1) is 26.2. The van der Waals surface area contributed by atoms with Crippen molar-refractivity contribution in [2.45, 2.75) is 36.7 Å². The summed E-state index contributed by atoms with van der Waals surface area (Å²) in [5, 5.41) is 19.5. The number of anilines is 2. The maximum atomic E-state index is 10.1. The quantitative estimate of drug-likeness (QED) is 0.226. The van der Waals surface area contributed by atoms with Crippen molar-refractivity contribution in [3.8, 4) is 11.5 Å². The van der Waals surface area contributed by atoms with Gasteiger partial charge in [0.2, 0.25) is 0 Å². The fourth-order valence-corrected chi connectivity index (χ4v) is 4.47. The van der Waals surface area contributed by atoms with Crippen molar-refractivity contribution in [1.82, 2.24) is 19.8 Å². The molecule has 2 unspecified atom stereocenters. The van der Waals surface area contributed by atoms with Crippen LogP contribution in [-0.4, -0.2) is 47.9 Å². The number of phenolic OH excluding ortho intramolecular Hbond substituents is 2. The minimum Gasteiger partial charge on any atom is -0.508 e. The normalized spacial score (nSPS) is 16.2. The highest BCUT2D eigenvalue weighted by Crippen LogP contribution is 2.26. The SMILES string of the molecule is Nc1ccc(O)c(CN2C=C[N+]=C2C(Cl)CCC(Cl)C2=[N+]C=CN2Cc2cc(N)ccc2O)c1.O. The van der Waals surface area contributed by atoms with Crippen molar-refractivity contribution < 1.29 is 15.7 Å². The number of rotatable bonds is 9. The van der Waals surface area contributed by atoms with Gasteiger partial charge in [0.05, 0.1) is 0 Å². The smallest absolute Gasteiger partial charge is 0.316 e. The maximum Gasteiger partial charge on any atom is 0.316 e. The molecule has 0 aromatic heterocycles. The van der Waals surface area contributed by atoms with Gasteiger partial charge in [0.1, 0.15) is 47.7 Å². The Morgan fingerprint density at radius 2 is 1.14 bits per heavy atom. The van der Waals surface area contributed by atoms with Crippen LogP contribution in [0.1, 0.15) is 24.0 Å². The lowest BCUT2D eigenvalue weighted by molar-refractivity contribution is 0.450. The van der Waals surface area contributed by atoms with Crippen LogP contribution >= 0.6 is 23.2 Å². The molecule has 11 heteroatoms. The molecule has 0 saturated heterocycles. The summed E-state index contributed by atoms with van der Waals surface area (Å²) in [6.45, 7) is 0.793. The molecule has 2 aliphatic rings. The van der Waals surface area contributed by atoms with Crippen LogP contribution in [0, 0.1) is 0 Å². The summed E-state index contributed by atoms with van der Waals surface area (Å²) < 4.78 is 0. The molecule has 9 nitrogen and oxygen atoms in total. The topological polar surface area (TPSA) is 159 Å². The standard InChI is InChI=1S/C24H26Cl2N6O2.H2O/c25-19(23-29-7-9-31(23)13-15-11-17(27)1-5-21(15)33)3-4-20(26)24-30-8-10-32(24)14-16-12-18(28)2-6-22(16)34;/h1-2,5-12,19-20,33-34H,3-4,13-14,27-28H2;1H2/q+2;. The fraction of sp³-hybridized carbons (Fsp3) is 0.250. The second-order valence-corrected chi connectivity index (χ2v) is 9.17. The Bertz CT molecular complexity index is 1090. The van der Waals surface area contributed by atoms with E-state index in [4.69, 9.17) is 34.7 Å². The molecule has 0 bridgehead atoms. The Labute approximate surface area is 213 Å². The van der Waals surface area contributed by atoms with Crippen LogP contribution in [0.15, 0.2) is 61.2 Å². The number of halogens is 2. The van der Waals surface area contributed by atoms with Crippen LogP contribution in [0.4, 0.5) is 11.4 Å². The third kappa shape index (κ3) is 6.19. The lowest BCUT2D eigenvalue weighted by Crippen LogP contribution is -2.35. The third-order valence-corrected chi connectivity index (χ3v) is 6.44. The average molecular weight is 519 g/mol. The van der Waals surface area contributed by atoms with Gasteiger partial charge < -0.3 is 27.2 Å². The number of benzene rings is 2. The van der Waals surface area contributed by atoms with Crippen molar-refractivity contribution in [1.29, 1.82) is 0 Å². The van der Waals surface area contributed by atoms with E-state index in [1.807, 2.05) is 22.2 Å². The number of nitrogens with two attached hydrogens (primary N) is 2. The van der Waals surface area contributed by atoms with Crippen LogP contribution < -0.4 is 21.5 Å². The number of aliphatic imine (C=N–C) groups is 2. The van der Waals surface area contributed by atoms with Gasteiger partial charge in [-0.25, -0.2) is 9.80 Å². The molecule has 35 heavy (non-hydrogen) atoms. The Balaban J connectivity index is 0.00000342. The largest absolute Gasteiger partial charge is 0.508 e. The Kier molecular flexibility index (Phi) is 8.50. The highest BCUT2D eigenvalue weighted by Gasteiger charge is 2.36. The molecule has 2 aliphatic heterocycles. The molecule has 2 aromatic carbocycles. The van der Waals surface area contributed by atoms with Crippen LogP contribution in [-0.2, 0) is 13.1 Å². The molecule has 0 amide bonds. The number of amidine groups is 2. The highest BCUT2D eigenvalue weighted by atomic mass is 35.5. The zero-order valence-corrected chi connectivity index (χ0v) is 20.4. The van der Waals surface area contributed by atoms with Crippen LogP contribution in [0.2, 0.25) is 0 Å². The zero-order chi connectivity index (χ0) is 24.2. The predicted molar refractivity (Wildman–Crippen MR) is 141 cm³/mol. The average Bonchev–Trinajstić information content (AvgIpc) is 3.46. The van der Waals surface area contributed by atoms with E-state index in [2.05, 4.69) is 9.98 Å². The number of phenols is 2. The van der Waals surface area contributed by atoms with Gasteiger partial charge in [-0.15, -0.1) is 23.2 Å². The van der Waals surface area contributed by atoms with Crippen molar-refractivity contribution in [3.05, 3.63) is 72.3 Å². The van der Waals surface area contributed by atoms with E-state index in [-0.39, 0.29) is 27.7 Å². The van der Waals surface area contributed by atoms with Crippen molar-refractivity contribution in [2.75, 3.05) is 11.5 Å². The van der Waals surface area contributed by atoms with E-state index in [1.165, 1.54) is 0 Å². The van der Waals surface area contributed by atoms with Gasteiger partial charge in [-0.2, -0.15) is 0 Å². The van der Waals surface area contributed by atoms with E-state index in [0.717, 1.165) is 0 Å². The summed E-state index contributed by atoms with van der Waals surface area (Å²) in [6, 6.07) is 9.91. The van der Waals surface area contributed by atoms with Crippen LogP contribution in [0.3, 0.4) is 0 Å². The summed E-state index contributed by atoms with van der Waals surface area (Å²) >= 11 is 13.4. The second-order valence-electron chi connectivity index (χ2n) is 8.12. The summed E-state index contributed by atoms with van der Waals surface area (Å²) in [6.07, 6.45) is 8.11. The van der Waals surface area contributed by atoms with Crippen molar-refractivity contribution >= 4 is 46.2 Å². The molecule has 184 valence electrons. The Morgan fingerprint density at radius 3 is 1.54 bits per heavy atom. The molecule has 0 spiro atoms. The first-order valence-electron chi connectivity index (χ1n) is 10.8. The molecule has 4 rings (SSSR count). The predicted octanol–water partition coefficient (Wildman–Crippen LogP) is 2.17. The van der Waals surface area contributed by atoms with Gasteiger partial charge in [0.25, 0.3) is 0 Å². The lowest BCUT2D eigenvalue weighted by atomic mass is 10.1. The summed E-state index contributed by atoms with van der Waals surface area (Å²) in [4.78, 5) is 12.6. The van der Waals surface area contributed by atoms with Crippen molar-refractivity contribution in [2.24, 2.45) is 0 Å². The van der Waals surface area contributed by atoms with E-state index in [0.29, 0.717) is 60.1 Å². The molecule has 2 heterocycles. The minimum atomic E-state index is -0.388. The van der Waals surface area contributed by atoms with E-state index >= 15 is 0 Å². The summed E-state index contributed by atoms with van der Waals surface area (Å²) in [5.74, 6) is 1.69. The second kappa shape index (κ2) is 11.4. The number of aromatic hydroxyl groups is 2. The third-order valence-electron chi connectivity index (χ3n) is 5.62. The van der Waals surface area contributed by atoms with Gasteiger partial charge >= 0.3 is 11.7 Å². The van der Waals surface area contributed by atoms with Gasteiger partial charge in [0.15, 0.2) is 12.4 Å². The summed E-state index contributed by atoms with van der Waals surface area (Å²) in [7, 11) is 0. The van der Waals surface area contributed by atoms with E-state index < -0.39 is 0 Å². The first-order valence-corrected chi connectivity index (χ1v) is 11.6. The fourth-order valence-electron chi connectivity index (χ4n) is 3.85. The molecule has 2 aromatic rings. The molecule has 0 fully saturated rings. The molecular formula is C24H28Cl2N6O3+2. The number of nitrogen functional groups attached to an aromatic ring is 2. The molecule has 8 N–H and O–H groups in total. The molecule has 0 aliphatic carbocycles. The minimum absolute atomic E-state index is 0. The molecule has 0 saturated carbocycles. The first-order chi connectivity index (χ1) is 16.3. The van der Waals surface area contributed by atoms with E-state index in [1.54, 1.807) is 48.8 Å².